The van der Waals surface area contributed by atoms with E-state index in [4.69, 9.17) is 11.6 Å². The Morgan fingerprint density at radius 3 is 2.82 bits per heavy atom. The molecule has 33 heavy (non-hydrogen) atoms. The van der Waals surface area contributed by atoms with E-state index in [-0.39, 0.29) is 11.7 Å². The molecule has 0 spiro atoms. The quantitative estimate of drug-likeness (QED) is 0.232. The van der Waals surface area contributed by atoms with Crippen LogP contribution in [-0.2, 0) is 17.8 Å². The first-order valence-corrected chi connectivity index (χ1v) is 12.4. The lowest BCUT2D eigenvalue weighted by molar-refractivity contribution is -0.113. The van der Waals surface area contributed by atoms with Crippen molar-refractivity contribution in [2.45, 2.75) is 25.0 Å². The van der Waals surface area contributed by atoms with Crippen molar-refractivity contribution in [2.75, 3.05) is 11.1 Å². The van der Waals surface area contributed by atoms with Gasteiger partial charge in [-0.15, -0.1) is 28.1 Å². The van der Waals surface area contributed by atoms with Crippen LogP contribution in [0.5, 0.6) is 0 Å². The summed E-state index contributed by atoms with van der Waals surface area (Å²) in [6.07, 6.45) is 4.29. The average molecular weight is 496 g/mol. The number of aryl methyl sites for hydroxylation is 1. The fraction of sp³-hybridized carbons (Fsp3) is 0.167. The second kappa shape index (κ2) is 10.8. The molecular weight excluding hydrogens is 474 g/mol. The van der Waals surface area contributed by atoms with E-state index in [1.54, 1.807) is 12.3 Å². The van der Waals surface area contributed by atoms with Crippen LogP contribution in [0.1, 0.15) is 16.0 Å². The van der Waals surface area contributed by atoms with Crippen molar-refractivity contribution >= 4 is 45.7 Å². The average Bonchev–Trinajstić information content (AvgIpc) is 3.40. The lowest BCUT2D eigenvalue weighted by Crippen LogP contribution is -2.14. The lowest BCUT2D eigenvalue weighted by atomic mass is 10.1. The molecule has 168 valence electrons. The van der Waals surface area contributed by atoms with Gasteiger partial charge in [0.15, 0.2) is 16.1 Å². The summed E-state index contributed by atoms with van der Waals surface area (Å²) in [6.45, 7) is 6.43. The molecule has 4 rings (SSSR count). The Morgan fingerprint density at radius 1 is 1.24 bits per heavy atom. The number of nitrogens with zero attached hydrogens (tertiary/aromatic N) is 4. The van der Waals surface area contributed by atoms with Gasteiger partial charge in [0.2, 0.25) is 5.91 Å². The zero-order valence-corrected chi connectivity index (χ0v) is 20.4. The van der Waals surface area contributed by atoms with Gasteiger partial charge in [0.05, 0.1) is 5.75 Å². The van der Waals surface area contributed by atoms with E-state index >= 15 is 0 Å². The molecule has 0 fully saturated rings. The summed E-state index contributed by atoms with van der Waals surface area (Å²) in [4.78, 5) is 17.9. The summed E-state index contributed by atoms with van der Waals surface area (Å²) in [5, 5.41) is 13.5. The minimum atomic E-state index is -0.145. The molecule has 6 nitrogen and oxygen atoms in total. The first kappa shape index (κ1) is 23.2. The van der Waals surface area contributed by atoms with Gasteiger partial charge < -0.3 is 5.32 Å². The molecule has 0 aliphatic heterocycles. The molecule has 0 aliphatic carbocycles. The van der Waals surface area contributed by atoms with Crippen LogP contribution in [-0.4, -0.2) is 31.4 Å². The molecule has 2 aromatic heterocycles. The Morgan fingerprint density at radius 2 is 2.06 bits per heavy atom. The summed E-state index contributed by atoms with van der Waals surface area (Å²) in [5.74, 6) is 0.809. The Balaban J connectivity index is 1.37. The predicted molar refractivity (Wildman–Crippen MR) is 136 cm³/mol. The van der Waals surface area contributed by atoms with Crippen molar-refractivity contribution < 1.29 is 4.79 Å². The maximum atomic E-state index is 12.5. The van der Waals surface area contributed by atoms with Crippen molar-refractivity contribution in [1.82, 2.24) is 19.7 Å². The number of nitrogens with one attached hydrogen (secondary N) is 1. The van der Waals surface area contributed by atoms with Crippen molar-refractivity contribution in [1.29, 1.82) is 0 Å². The van der Waals surface area contributed by atoms with Crippen LogP contribution in [0.25, 0.3) is 11.4 Å². The second-order valence-corrected chi connectivity index (χ2v) is 9.84. The zero-order valence-electron chi connectivity index (χ0n) is 18.0. The van der Waals surface area contributed by atoms with E-state index in [1.165, 1.54) is 28.7 Å². The van der Waals surface area contributed by atoms with Crippen LogP contribution in [0.3, 0.4) is 0 Å². The van der Waals surface area contributed by atoms with Gasteiger partial charge in [-0.05, 0) is 24.6 Å². The van der Waals surface area contributed by atoms with Crippen LogP contribution in [0.2, 0.25) is 5.02 Å². The van der Waals surface area contributed by atoms with E-state index in [0.717, 1.165) is 28.2 Å². The molecule has 0 aliphatic rings. The van der Waals surface area contributed by atoms with Crippen LogP contribution >= 0.6 is 34.7 Å². The molecule has 0 saturated carbocycles. The number of thiazole rings is 1. The SMILES string of the molecule is C=CCn1c(SCC(=O)Nc2ncc(Cc3cccc(Cl)c3)s2)nnc1-c1ccc(C)cc1. The second-order valence-electron chi connectivity index (χ2n) is 7.35. The van der Waals surface area contributed by atoms with Gasteiger partial charge in [-0.2, -0.15) is 0 Å². The van der Waals surface area contributed by atoms with E-state index in [0.29, 0.717) is 21.9 Å². The third-order valence-electron chi connectivity index (χ3n) is 4.74. The molecule has 9 heteroatoms. The van der Waals surface area contributed by atoms with Crippen LogP contribution in [0, 0.1) is 6.92 Å². The highest BCUT2D eigenvalue weighted by molar-refractivity contribution is 7.99. The van der Waals surface area contributed by atoms with Crippen molar-refractivity contribution in [3.63, 3.8) is 0 Å². The first-order valence-electron chi connectivity index (χ1n) is 10.2. The number of thioether (sulfide) groups is 1. The molecule has 0 saturated heterocycles. The number of anilines is 1. The molecule has 4 aromatic rings. The summed E-state index contributed by atoms with van der Waals surface area (Å²) < 4.78 is 1.96. The van der Waals surface area contributed by atoms with Crippen molar-refractivity contribution in [2.24, 2.45) is 0 Å². The molecule has 2 heterocycles. The minimum Gasteiger partial charge on any atom is -0.301 e. The summed E-state index contributed by atoms with van der Waals surface area (Å²) >= 11 is 8.85. The monoisotopic (exact) mass is 495 g/mol. The largest absolute Gasteiger partial charge is 0.301 e. The highest BCUT2D eigenvalue weighted by Gasteiger charge is 2.15. The summed E-state index contributed by atoms with van der Waals surface area (Å²) in [6, 6.07) is 15.8. The number of aromatic nitrogens is 4. The number of benzene rings is 2. The van der Waals surface area contributed by atoms with Gasteiger partial charge in [0.25, 0.3) is 0 Å². The number of carbonyl (C=O) groups is 1. The Hall–Kier alpha value is -2.94. The Kier molecular flexibility index (Phi) is 7.59. The van der Waals surface area contributed by atoms with Gasteiger partial charge in [-0.3, -0.25) is 9.36 Å². The number of halogens is 1. The zero-order chi connectivity index (χ0) is 23.2. The van der Waals surface area contributed by atoms with Crippen LogP contribution < -0.4 is 5.32 Å². The number of rotatable bonds is 9. The number of hydrogen-bond donors (Lipinski definition) is 1. The summed E-state index contributed by atoms with van der Waals surface area (Å²) in [7, 11) is 0. The van der Waals surface area contributed by atoms with Gasteiger partial charge in [0, 0.05) is 34.6 Å². The Bertz CT molecular complexity index is 1270. The summed E-state index contributed by atoms with van der Waals surface area (Å²) in [5.41, 5.74) is 3.25. The minimum absolute atomic E-state index is 0.145. The molecule has 1 amide bonds. The van der Waals surface area contributed by atoms with E-state index < -0.39 is 0 Å². The number of carbonyl (C=O) groups excluding carboxylic acids is 1. The van der Waals surface area contributed by atoms with Gasteiger partial charge in [-0.1, -0.05) is 71.4 Å². The molecular formula is C24H22ClN5OS2. The highest BCUT2D eigenvalue weighted by atomic mass is 35.5. The third-order valence-corrected chi connectivity index (χ3v) is 6.85. The number of allylic oxidation sites excluding steroid dienone is 1. The van der Waals surface area contributed by atoms with E-state index in [1.807, 2.05) is 60.0 Å². The predicted octanol–water partition coefficient (Wildman–Crippen LogP) is 5.87. The molecule has 0 bridgehead atoms. The number of amides is 1. The maximum absolute atomic E-state index is 12.5. The lowest BCUT2D eigenvalue weighted by Gasteiger charge is -2.08. The fourth-order valence-electron chi connectivity index (χ4n) is 3.19. The maximum Gasteiger partial charge on any atom is 0.236 e. The molecule has 2 aromatic carbocycles. The fourth-order valence-corrected chi connectivity index (χ4v) is 5.01. The van der Waals surface area contributed by atoms with E-state index in [2.05, 4.69) is 27.1 Å². The standard InChI is InChI=1S/C24H22ClN5OS2/c1-3-11-30-22(18-9-7-16(2)8-10-18)28-29-24(30)32-15-21(31)27-23-26-14-20(33-23)13-17-5-4-6-19(25)12-17/h3-10,12,14H,1,11,13,15H2,2H3,(H,26,27,31). The first-order chi connectivity index (χ1) is 16.0. The van der Waals surface area contributed by atoms with Crippen molar-refractivity contribution in [3.05, 3.63) is 88.4 Å². The van der Waals surface area contributed by atoms with Gasteiger partial charge in [0.1, 0.15) is 0 Å². The van der Waals surface area contributed by atoms with E-state index in [9.17, 15) is 4.79 Å². The van der Waals surface area contributed by atoms with Gasteiger partial charge in [-0.25, -0.2) is 4.98 Å². The van der Waals surface area contributed by atoms with Crippen LogP contribution in [0.4, 0.5) is 5.13 Å². The molecule has 1 N–H and O–H groups in total. The topological polar surface area (TPSA) is 72.7 Å². The third kappa shape index (κ3) is 6.10. The highest BCUT2D eigenvalue weighted by Crippen LogP contribution is 2.26. The molecule has 0 atom stereocenters. The van der Waals surface area contributed by atoms with Crippen LogP contribution in [0.15, 0.2) is 72.5 Å². The van der Waals surface area contributed by atoms with Gasteiger partial charge >= 0.3 is 0 Å². The molecule has 0 unspecified atom stereocenters. The normalized spacial score (nSPS) is 10.8. The smallest absolute Gasteiger partial charge is 0.236 e. The molecule has 0 radical (unpaired) electrons. The Labute approximate surface area is 205 Å². The van der Waals surface area contributed by atoms with Crippen molar-refractivity contribution in [3.8, 4) is 11.4 Å². The number of hydrogen-bond acceptors (Lipinski definition) is 6.